The molecular formula is C21H32N4OS. The summed E-state index contributed by atoms with van der Waals surface area (Å²) in [6.45, 7) is 11.0. The Kier molecular flexibility index (Phi) is 7.07. The van der Waals surface area contributed by atoms with Crippen molar-refractivity contribution < 1.29 is 0 Å². The van der Waals surface area contributed by atoms with E-state index in [1.165, 1.54) is 43.0 Å². The maximum absolute atomic E-state index is 12.4. The van der Waals surface area contributed by atoms with Crippen molar-refractivity contribution in [2.45, 2.75) is 59.2 Å². The summed E-state index contributed by atoms with van der Waals surface area (Å²) in [7, 11) is 0. The number of rotatable bonds is 7. The summed E-state index contributed by atoms with van der Waals surface area (Å²) in [6, 6.07) is 10.9. The van der Waals surface area contributed by atoms with Crippen LogP contribution >= 0.6 is 11.5 Å². The molecule has 0 spiro atoms. The molecule has 0 unspecified atom stereocenters. The fourth-order valence-corrected chi connectivity index (χ4v) is 4.72. The molecule has 0 atom stereocenters. The molecule has 5 nitrogen and oxygen atoms in total. The minimum atomic E-state index is 0.0745. The average Bonchev–Trinajstić information content (AvgIpc) is 3.00. The summed E-state index contributed by atoms with van der Waals surface area (Å²) < 4.78 is 3.62. The molecule has 0 aliphatic carbocycles. The van der Waals surface area contributed by atoms with Crippen molar-refractivity contribution in [2.75, 3.05) is 19.6 Å². The van der Waals surface area contributed by atoms with Gasteiger partial charge in [0.25, 0.3) is 0 Å². The smallest absolute Gasteiger partial charge is 0.299 e. The maximum Gasteiger partial charge on any atom is 0.340 e. The number of hydrogen-bond acceptors (Lipinski definition) is 4. The summed E-state index contributed by atoms with van der Waals surface area (Å²) in [5.74, 6) is 0.750. The zero-order valence-electron chi connectivity index (χ0n) is 16.8. The van der Waals surface area contributed by atoms with E-state index in [1.807, 2.05) is 24.7 Å². The molecule has 2 heterocycles. The normalized spacial score (nSPS) is 17.1. The van der Waals surface area contributed by atoms with Crippen LogP contribution in [0.5, 0.6) is 0 Å². The molecule has 1 saturated heterocycles. The molecule has 1 fully saturated rings. The first-order valence-corrected chi connectivity index (χ1v) is 10.9. The topological polar surface area (TPSA) is 42.5 Å². The van der Waals surface area contributed by atoms with Crippen LogP contribution in [0.4, 0.5) is 0 Å². The van der Waals surface area contributed by atoms with Crippen molar-refractivity contribution in [1.82, 2.24) is 13.4 Å². The molecule has 1 aliphatic rings. The Hall–Kier alpha value is -1.66. The second kappa shape index (κ2) is 9.51. The van der Waals surface area contributed by atoms with Gasteiger partial charge in [0, 0.05) is 25.7 Å². The first-order chi connectivity index (χ1) is 13.1. The molecule has 1 aromatic carbocycles. The van der Waals surface area contributed by atoms with Crippen LogP contribution in [-0.2, 0) is 13.1 Å². The van der Waals surface area contributed by atoms with Crippen LogP contribution in [-0.4, -0.2) is 33.1 Å². The Bertz CT molecular complexity index is 826. The molecule has 3 rings (SSSR count). The lowest BCUT2D eigenvalue weighted by atomic mass is 9.93. The summed E-state index contributed by atoms with van der Waals surface area (Å²) in [4.78, 5) is 20.6. The van der Waals surface area contributed by atoms with Crippen molar-refractivity contribution in [1.29, 1.82) is 0 Å². The molecule has 0 bridgehead atoms. The largest absolute Gasteiger partial charge is 0.340 e. The van der Waals surface area contributed by atoms with Gasteiger partial charge in [0.2, 0.25) is 4.80 Å². The lowest BCUT2D eigenvalue weighted by Gasteiger charge is -2.31. The fourth-order valence-electron chi connectivity index (χ4n) is 3.71. The zero-order valence-corrected chi connectivity index (χ0v) is 17.6. The van der Waals surface area contributed by atoms with Gasteiger partial charge in [-0.15, -0.1) is 0 Å². The Balaban J connectivity index is 1.51. The van der Waals surface area contributed by atoms with Crippen LogP contribution in [0, 0.1) is 5.92 Å². The van der Waals surface area contributed by atoms with Crippen molar-refractivity contribution >= 4 is 11.5 Å². The van der Waals surface area contributed by atoms with Gasteiger partial charge in [-0.1, -0.05) is 30.3 Å². The van der Waals surface area contributed by atoms with E-state index < -0.39 is 0 Å². The molecule has 1 aromatic heterocycles. The van der Waals surface area contributed by atoms with Crippen molar-refractivity contribution in [3.63, 3.8) is 0 Å². The van der Waals surface area contributed by atoms with Crippen molar-refractivity contribution in [3.05, 3.63) is 51.2 Å². The van der Waals surface area contributed by atoms with E-state index in [0.29, 0.717) is 6.54 Å². The molecule has 1 aliphatic heterocycles. The van der Waals surface area contributed by atoms with E-state index in [-0.39, 0.29) is 11.7 Å². The number of nitrogens with zero attached hydrogens (tertiary/aromatic N) is 4. The molecule has 27 heavy (non-hydrogen) atoms. The lowest BCUT2D eigenvalue weighted by molar-refractivity contribution is 0.173. The second-order valence-corrected chi connectivity index (χ2v) is 8.64. The fraction of sp³-hybridized carbons (Fsp3) is 0.619. The minimum Gasteiger partial charge on any atom is -0.299 e. The van der Waals surface area contributed by atoms with Crippen LogP contribution in [0.25, 0.3) is 0 Å². The highest BCUT2D eigenvalue weighted by molar-refractivity contribution is 7.03. The molecule has 0 radical (unpaired) electrons. The quantitative estimate of drug-likeness (QED) is 0.728. The molecule has 148 valence electrons. The molecule has 0 amide bonds. The third-order valence-electron chi connectivity index (χ3n) is 5.36. The Morgan fingerprint density at radius 3 is 2.52 bits per heavy atom. The summed E-state index contributed by atoms with van der Waals surface area (Å²) in [5.41, 5.74) is 1.48. The highest BCUT2D eigenvalue weighted by Crippen LogP contribution is 2.21. The summed E-state index contributed by atoms with van der Waals surface area (Å²) >= 11 is 1.50. The molecule has 2 aromatic rings. The van der Waals surface area contributed by atoms with Crippen LogP contribution in [0.3, 0.4) is 0 Å². The van der Waals surface area contributed by atoms with Gasteiger partial charge in [-0.25, -0.2) is 8.75 Å². The van der Waals surface area contributed by atoms with E-state index in [4.69, 9.17) is 4.99 Å². The highest BCUT2D eigenvalue weighted by atomic mass is 32.1. The summed E-state index contributed by atoms with van der Waals surface area (Å²) in [5, 5.41) is 0. The number of piperidine rings is 1. The number of benzene rings is 1. The minimum absolute atomic E-state index is 0.0745. The second-order valence-electron chi connectivity index (χ2n) is 7.70. The SMILES string of the molecule is CCn1c(=NCCC2CCN(Cc3ccccc3)CC2)sn(C(C)C)c1=O. The van der Waals surface area contributed by atoms with Gasteiger partial charge >= 0.3 is 5.69 Å². The van der Waals surface area contributed by atoms with Crippen molar-refractivity contribution in [3.8, 4) is 0 Å². The predicted octanol–water partition coefficient (Wildman–Crippen LogP) is 3.52. The van der Waals surface area contributed by atoms with Crippen LogP contribution in [0.15, 0.2) is 40.1 Å². The third-order valence-corrected chi connectivity index (χ3v) is 6.64. The highest BCUT2D eigenvalue weighted by Gasteiger charge is 2.19. The van der Waals surface area contributed by atoms with Gasteiger partial charge < -0.3 is 0 Å². The molecule has 6 heteroatoms. The van der Waals surface area contributed by atoms with Crippen molar-refractivity contribution in [2.24, 2.45) is 10.9 Å². The van der Waals surface area contributed by atoms with Gasteiger partial charge in [-0.2, -0.15) is 0 Å². The molecule has 0 saturated carbocycles. The maximum atomic E-state index is 12.4. The standard InChI is InChI=1S/C21H32N4OS/c1-4-24-20(27-25(17(2)3)21(24)26)22-13-10-18-11-14-23(15-12-18)16-19-8-6-5-7-9-19/h5-9,17-18H,4,10-16H2,1-3H3. The van der Waals surface area contributed by atoms with E-state index in [9.17, 15) is 4.79 Å². The van der Waals surface area contributed by atoms with Gasteiger partial charge in [0.15, 0.2) is 0 Å². The first-order valence-electron chi connectivity index (χ1n) is 10.2. The predicted molar refractivity (Wildman–Crippen MR) is 112 cm³/mol. The first kappa shape index (κ1) is 20.1. The van der Waals surface area contributed by atoms with Gasteiger partial charge in [0.1, 0.15) is 0 Å². The molecule has 0 N–H and O–H groups in total. The Morgan fingerprint density at radius 2 is 1.89 bits per heavy atom. The number of hydrogen-bond donors (Lipinski definition) is 0. The van der Waals surface area contributed by atoms with Crippen LogP contribution in [0.2, 0.25) is 0 Å². The third kappa shape index (κ3) is 5.20. The Labute approximate surface area is 166 Å². The van der Waals surface area contributed by atoms with E-state index in [0.717, 1.165) is 30.2 Å². The van der Waals surface area contributed by atoms with E-state index in [1.54, 1.807) is 4.57 Å². The lowest BCUT2D eigenvalue weighted by Crippen LogP contribution is -2.33. The van der Waals surface area contributed by atoms with Gasteiger partial charge in [-0.3, -0.25) is 14.5 Å². The average molecular weight is 389 g/mol. The summed E-state index contributed by atoms with van der Waals surface area (Å²) in [6.07, 6.45) is 3.62. The van der Waals surface area contributed by atoms with E-state index >= 15 is 0 Å². The Morgan fingerprint density at radius 1 is 1.19 bits per heavy atom. The van der Waals surface area contributed by atoms with Crippen LogP contribution in [0.1, 0.15) is 51.6 Å². The zero-order chi connectivity index (χ0) is 19.2. The molecular weight excluding hydrogens is 356 g/mol. The number of likely N-dealkylation sites (tertiary alicyclic amines) is 1. The van der Waals surface area contributed by atoms with Gasteiger partial charge in [0.05, 0.1) is 0 Å². The monoisotopic (exact) mass is 388 g/mol. The van der Waals surface area contributed by atoms with Crippen LogP contribution < -0.4 is 10.5 Å². The van der Waals surface area contributed by atoms with Gasteiger partial charge in [-0.05, 0) is 76.1 Å². The number of aromatic nitrogens is 2. The van der Waals surface area contributed by atoms with E-state index in [2.05, 4.69) is 35.2 Å².